The summed E-state index contributed by atoms with van der Waals surface area (Å²) in [6.07, 6.45) is 2.76. The molecule has 0 aliphatic carbocycles. The van der Waals surface area contributed by atoms with Gasteiger partial charge in [0.05, 0.1) is 12.0 Å². The van der Waals surface area contributed by atoms with E-state index in [2.05, 4.69) is 36.2 Å². The van der Waals surface area contributed by atoms with Gasteiger partial charge in [-0.2, -0.15) is 4.31 Å². The van der Waals surface area contributed by atoms with Gasteiger partial charge in [0.2, 0.25) is 10.0 Å². The van der Waals surface area contributed by atoms with Crippen molar-refractivity contribution in [3.63, 3.8) is 0 Å². The minimum absolute atomic E-state index is 0.0988. The Morgan fingerprint density at radius 3 is 2.09 bits per heavy atom. The van der Waals surface area contributed by atoms with Crippen LogP contribution in [0.4, 0.5) is 5.69 Å². The molecule has 184 valence electrons. The zero-order valence-electron chi connectivity index (χ0n) is 20.2. The number of sulfonamides is 1. The topological polar surface area (TPSA) is 79.0 Å². The Morgan fingerprint density at radius 2 is 1.53 bits per heavy atom. The van der Waals surface area contributed by atoms with Crippen molar-refractivity contribution >= 4 is 21.6 Å². The Bertz CT molecular complexity index is 1070. The van der Waals surface area contributed by atoms with Crippen LogP contribution >= 0.6 is 0 Å². The van der Waals surface area contributed by atoms with Crippen molar-refractivity contribution in [3.8, 4) is 5.75 Å². The van der Waals surface area contributed by atoms with Crippen LogP contribution in [0.3, 0.4) is 0 Å². The van der Waals surface area contributed by atoms with E-state index in [1.807, 2.05) is 12.1 Å². The lowest BCUT2D eigenvalue weighted by molar-refractivity contribution is 0.0931. The first-order valence-electron chi connectivity index (χ1n) is 12.1. The molecule has 0 spiro atoms. The molecule has 2 fully saturated rings. The van der Waals surface area contributed by atoms with Gasteiger partial charge in [-0.15, -0.1) is 0 Å². The number of benzene rings is 2. The molecule has 2 aliphatic rings. The molecule has 0 saturated carbocycles. The fourth-order valence-corrected chi connectivity index (χ4v) is 6.75. The quantitative estimate of drug-likeness (QED) is 0.674. The summed E-state index contributed by atoms with van der Waals surface area (Å²) in [5, 5.41) is 3.11. The number of rotatable bonds is 6. The molecule has 2 aromatic carbocycles. The SMILES string of the molecule is COc1ccc(N2CCC(NC(=O)c3ccc(S(=O)(=O)N4CC(C)CC(C)C4)cc3)CC2)cc1. The van der Waals surface area contributed by atoms with E-state index in [9.17, 15) is 13.2 Å². The predicted molar refractivity (Wildman–Crippen MR) is 134 cm³/mol. The van der Waals surface area contributed by atoms with E-state index < -0.39 is 10.0 Å². The minimum atomic E-state index is -3.55. The minimum Gasteiger partial charge on any atom is -0.497 e. The van der Waals surface area contributed by atoms with Crippen LogP contribution in [-0.4, -0.2) is 58.0 Å². The summed E-state index contributed by atoms with van der Waals surface area (Å²) < 4.78 is 33.0. The van der Waals surface area contributed by atoms with Crippen LogP contribution in [0.25, 0.3) is 0 Å². The molecule has 2 saturated heterocycles. The normalized spacial score (nSPS) is 22.4. The number of amides is 1. The van der Waals surface area contributed by atoms with Gasteiger partial charge in [0, 0.05) is 43.5 Å². The first-order valence-corrected chi connectivity index (χ1v) is 13.5. The van der Waals surface area contributed by atoms with Crippen LogP contribution < -0.4 is 15.0 Å². The number of hydrogen-bond acceptors (Lipinski definition) is 5. The summed E-state index contributed by atoms with van der Waals surface area (Å²) in [5.74, 6) is 1.37. The summed E-state index contributed by atoms with van der Waals surface area (Å²) >= 11 is 0. The number of methoxy groups -OCH3 is 1. The maximum absolute atomic E-state index is 13.1. The smallest absolute Gasteiger partial charge is 0.251 e. The third kappa shape index (κ3) is 5.55. The van der Waals surface area contributed by atoms with Crippen molar-refractivity contribution in [2.75, 3.05) is 38.2 Å². The first kappa shape index (κ1) is 24.5. The second-order valence-corrected chi connectivity index (χ2v) is 11.7. The zero-order valence-corrected chi connectivity index (χ0v) is 21.1. The van der Waals surface area contributed by atoms with Gasteiger partial charge >= 0.3 is 0 Å². The Hall–Kier alpha value is -2.58. The molecule has 8 heteroatoms. The number of hydrogen-bond donors (Lipinski definition) is 1. The lowest BCUT2D eigenvalue weighted by atomic mass is 9.94. The molecule has 2 aromatic rings. The fourth-order valence-electron chi connectivity index (χ4n) is 5.07. The van der Waals surface area contributed by atoms with E-state index in [1.165, 1.54) is 0 Å². The summed E-state index contributed by atoms with van der Waals surface area (Å²) in [4.78, 5) is 15.3. The number of nitrogens with one attached hydrogen (secondary N) is 1. The molecule has 4 rings (SSSR count). The second-order valence-electron chi connectivity index (χ2n) is 9.73. The predicted octanol–water partition coefficient (Wildman–Crippen LogP) is 3.76. The van der Waals surface area contributed by atoms with Crippen LogP contribution in [0.15, 0.2) is 53.4 Å². The fraction of sp³-hybridized carbons (Fsp3) is 0.500. The van der Waals surface area contributed by atoms with Crippen molar-refractivity contribution in [1.29, 1.82) is 0 Å². The van der Waals surface area contributed by atoms with Crippen LogP contribution in [0.1, 0.15) is 43.5 Å². The van der Waals surface area contributed by atoms with Gasteiger partial charge in [0.15, 0.2) is 0 Å². The van der Waals surface area contributed by atoms with E-state index in [0.29, 0.717) is 30.5 Å². The number of piperidine rings is 2. The summed E-state index contributed by atoms with van der Waals surface area (Å²) in [6, 6.07) is 14.5. The van der Waals surface area contributed by atoms with E-state index in [-0.39, 0.29) is 16.8 Å². The highest BCUT2D eigenvalue weighted by Gasteiger charge is 2.31. The number of carbonyl (C=O) groups is 1. The highest BCUT2D eigenvalue weighted by Crippen LogP contribution is 2.27. The molecule has 2 atom stereocenters. The molecule has 0 radical (unpaired) electrons. The average molecular weight is 486 g/mol. The lowest BCUT2D eigenvalue weighted by Crippen LogP contribution is -2.44. The Balaban J connectivity index is 1.32. The van der Waals surface area contributed by atoms with E-state index in [0.717, 1.165) is 43.8 Å². The molecule has 0 aromatic heterocycles. The number of anilines is 1. The molecule has 2 aliphatic heterocycles. The van der Waals surface area contributed by atoms with Crippen molar-refractivity contribution in [2.45, 2.75) is 44.0 Å². The largest absolute Gasteiger partial charge is 0.497 e. The summed E-state index contributed by atoms with van der Waals surface area (Å²) in [5.41, 5.74) is 1.64. The number of carbonyl (C=O) groups excluding carboxylic acids is 1. The Labute approximate surface area is 203 Å². The number of ether oxygens (including phenoxy) is 1. The highest BCUT2D eigenvalue weighted by molar-refractivity contribution is 7.89. The molecule has 1 amide bonds. The Morgan fingerprint density at radius 1 is 0.941 bits per heavy atom. The zero-order chi connectivity index (χ0) is 24.3. The van der Waals surface area contributed by atoms with E-state index >= 15 is 0 Å². The molecular formula is C26H35N3O4S. The molecule has 7 nitrogen and oxygen atoms in total. The van der Waals surface area contributed by atoms with Crippen LogP contribution in [0, 0.1) is 11.8 Å². The van der Waals surface area contributed by atoms with Gasteiger partial charge in [0.25, 0.3) is 5.91 Å². The van der Waals surface area contributed by atoms with Gasteiger partial charge in [-0.1, -0.05) is 13.8 Å². The third-order valence-corrected chi connectivity index (χ3v) is 8.70. The maximum Gasteiger partial charge on any atom is 0.251 e. The van der Waals surface area contributed by atoms with Crippen LogP contribution in [0.5, 0.6) is 5.75 Å². The lowest BCUT2D eigenvalue weighted by Gasteiger charge is -2.34. The molecule has 0 bridgehead atoms. The van der Waals surface area contributed by atoms with Gasteiger partial charge in [-0.25, -0.2) is 8.42 Å². The van der Waals surface area contributed by atoms with Crippen LogP contribution in [0.2, 0.25) is 0 Å². The first-order chi connectivity index (χ1) is 16.3. The van der Waals surface area contributed by atoms with Gasteiger partial charge in [-0.05, 0) is 79.6 Å². The molecule has 34 heavy (non-hydrogen) atoms. The molecular weight excluding hydrogens is 450 g/mol. The summed E-state index contributed by atoms with van der Waals surface area (Å²) in [7, 11) is -1.89. The molecule has 2 heterocycles. The third-order valence-electron chi connectivity index (χ3n) is 6.86. The van der Waals surface area contributed by atoms with E-state index in [1.54, 1.807) is 35.7 Å². The summed E-state index contributed by atoms with van der Waals surface area (Å²) in [6.45, 7) is 7.00. The molecule has 1 N–H and O–H groups in total. The van der Waals surface area contributed by atoms with Crippen LogP contribution in [-0.2, 0) is 10.0 Å². The average Bonchev–Trinajstić information content (AvgIpc) is 2.84. The standard InChI is InChI=1S/C26H35N3O4S/c1-19-16-20(2)18-29(17-19)34(31,32)25-10-4-21(5-11-25)26(30)27-22-12-14-28(15-13-22)23-6-8-24(33-3)9-7-23/h4-11,19-20,22H,12-18H2,1-3H3,(H,27,30). The van der Waals surface area contributed by atoms with Gasteiger partial charge in [-0.3, -0.25) is 4.79 Å². The second kappa shape index (κ2) is 10.4. The van der Waals surface area contributed by atoms with Crippen molar-refractivity contribution in [1.82, 2.24) is 9.62 Å². The van der Waals surface area contributed by atoms with E-state index in [4.69, 9.17) is 4.74 Å². The van der Waals surface area contributed by atoms with Gasteiger partial charge < -0.3 is 15.0 Å². The van der Waals surface area contributed by atoms with Crippen molar-refractivity contribution < 1.29 is 17.9 Å². The van der Waals surface area contributed by atoms with Crippen molar-refractivity contribution in [3.05, 3.63) is 54.1 Å². The van der Waals surface area contributed by atoms with Crippen molar-refractivity contribution in [2.24, 2.45) is 11.8 Å². The maximum atomic E-state index is 13.1. The van der Waals surface area contributed by atoms with Gasteiger partial charge in [0.1, 0.15) is 5.75 Å². The highest BCUT2D eigenvalue weighted by atomic mass is 32.2. The molecule has 2 unspecified atom stereocenters. The number of nitrogens with zero attached hydrogens (tertiary/aromatic N) is 2. The monoisotopic (exact) mass is 485 g/mol. The Kier molecular flexibility index (Phi) is 7.48.